The number of ether oxygens (including phenoxy) is 2. The van der Waals surface area contributed by atoms with Crippen LogP contribution < -0.4 is 10.1 Å². The van der Waals surface area contributed by atoms with E-state index >= 15 is 0 Å². The third-order valence-corrected chi connectivity index (χ3v) is 6.36. The van der Waals surface area contributed by atoms with Crippen molar-refractivity contribution < 1.29 is 19.1 Å². The number of amides is 2. The second-order valence-electron chi connectivity index (χ2n) is 9.05. The number of hydrogen-bond donors (Lipinski definition) is 1. The lowest BCUT2D eigenvalue weighted by Gasteiger charge is -2.23. The standard InChI is InChI=1S/C26H32N4O4S/c1-26(2,3)20-10-6-19(7-11-20)24(32)30(16-17-33-4)15-14-22(31)27-25-29-28-23(35-25)18-8-12-21(34-5)13-9-18/h6-13H,14-17H2,1-5H3,(H,27,29,31). The molecule has 0 saturated heterocycles. The normalized spacial score (nSPS) is 11.2. The lowest BCUT2D eigenvalue weighted by atomic mass is 9.86. The summed E-state index contributed by atoms with van der Waals surface area (Å²) in [6, 6.07) is 15.1. The quantitative estimate of drug-likeness (QED) is 0.440. The fraction of sp³-hybridized carbons (Fsp3) is 0.385. The Balaban J connectivity index is 1.60. The van der Waals surface area contributed by atoms with Crippen LogP contribution in [0.5, 0.6) is 5.75 Å². The third kappa shape index (κ3) is 7.34. The molecule has 0 spiro atoms. The Morgan fingerprint density at radius 3 is 2.26 bits per heavy atom. The van der Waals surface area contributed by atoms with Crippen LogP contribution in [-0.2, 0) is 14.9 Å². The van der Waals surface area contributed by atoms with Crippen LogP contribution in [0.1, 0.15) is 43.1 Å². The molecule has 0 atom stereocenters. The number of aromatic nitrogens is 2. The number of carbonyl (C=O) groups is 2. The van der Waals surface area contributed by atoms with Gasteiger partial charge in [-0.2, -0.15) is 0 Å². The van der Waals surface area contributed by atoms with Gasteiger partial charge in [-0.3, -0.25) is 9.59 Å². The molecule has 186 valence electrons. The van der Waals surface area contributed by atoms with Crippen molar-refractivity contribution in [1.29, 1.82) is 0 Å². The van der Waals surface area contributed by atoms with Crippen LogP contribution in [0.3, 0.4) is 0 Å². The molecule has 0 radical (unpaired) electrons. The zero-order valence-corrected chi connectivity index (χ0v) is 21.6. The molecule has 2 aromatic carbocycles. The molecule has 3 rings (SSSR count). The number of hydrogen-bond acceptors (Lipinski definition) is 7. The van der Waals surface area contributed by atoms with E-state index in [9.17, 15) is 9.59 Å². The summed E-state index contributed by atoms with van der Waals surface area (Å²) in [7, 11) is 3.20. The van der Waals surface area contributed by atoms with E-state index in [0.717, 1.165) is 16.9 Å². The first-order valence-electron chi connectivity index (χ1n) is 11.4. The van der Waals surface area contributed by atoms with Gasteiger partial charge in [0.25, 0.3) is 5.91 Å². The van der Waals surface area contributed by atoms with Crippen LogP contribution in [0, 0.1) is 0 Å². The number of anilines is 1. The van der Waals surface area contributed by atoms with E-state index in [1.54, 1.807) is 19.1 Å². The van der Waals surface area contributed by atoms with Crippen molar-refractivity contribution in [2.24, 2.45) is 0 Å². The summed E-state index contributed by atoms with van der Waals surface area (Å²) >= 11 is 1.29. The highest BCUT2D eigenvalue weighted by Gasteiger charge is 2.19. The van der Waals surface area contributed by atoms with Crippen LogP contribution in [0.4, 0.5) is 5.13 Å². The van der Waals surface area contributed by atoms with E-state index in [1.807, 2.05) is 48.5 Å². The molecular weight excluding hydrogens is 464 g/mol. The maximum Gasteiger partial charge on any atom is 0.253 e. The minimum Gasteiger partial charge on any atom is -0.497 e. The molecule has 0 fully saturated rings. The van der Waals surface area contributed by atoms with Crippen LogP contribution in [0.15, 0.2) is 48.5 Å². The van der Waals surface area contributed by atoms with Gasteiger partial charge in [-0.25, -0.2) is 0 Å². The Bertz CT molecular complexity index is 1120. The molecule has 35 heavy (non-hydrogen) atoms. The van der Waals surface area contributed by atoms with Gasteiger partial charge in [0, 0.05) is 37.7 Å². The van der Waals surface area contributed by atoms with E-state index in [1.165, 1.54) is 11.3 Å². The fourth-order valence-corrected chi connectivity index (χ4v) is 4.12. The lowest BCUT2D eigenvalue weighted by Crippen LogP contribution is -2.36. The van der Waals surface area contributed by atoms with Crippen LogP contribution >= 0.6 is 11.3 Å². The highest BCUT2D eigenvalue weighted by molar-refractivity contribution is 7.18. The van der Waals surface area contributed by atoms with Crippen molar-refractivity contribution in [2.45, 2.75) is 32.6 Å². The second-order valence-corrected chi connectivity index (χ2v) is 10.0. The molecule has 0 saturated carbocycles. The monoisotopic (exact) mass is 496 g/mol. The number of nitrogens with one attached hydrogen (secondary N) is 1. The Morgan fingerprint density at radius 2 is 1.66 bits per heavy atom. The lowest BCUT2D eigenvalue weighted by molar-refractivity contribution is -0.116. The van der Waals surface area contributed by atoms with E-state index in [2.05, 4.69) is 36.3 Å². The first kappa shape index (κ1) is 26.3. The molecule has 8 nitrogen and oxygen atoms in total. The van der Waals surface area contributed by atoms with Crippen molar-refractivity contribution in [3.8, 4) is 16.3 Å². The summed E-state index contributed by atoms with van der Waals surface area (Å²) in [6.45, 7) is 7.43. The molecule has 1 aromatic heterocycles. The molecule has 9 heteroatoms. The van der Waals surface area contributed by atoms with Crippen molar-refractivity contribution in [3.63, 3.8) is 0 Å². The van der Waals surface area contributed by atoms with Crippen LogP contribution in [-0.4, -0.2) is 60.8 Å². The van der Waals surface area contributed by atoms with Crippen molar-refractivity contribution >= 4 is 28.3 Å². The van der Waals surface area contributed by atoms with Crippen molar-refractivity contribution in [1.82, 2.24) is 15.1 Å². The van der Waals surface area contributed by atoms with Gasteiger partial charge in [-0.05, 0) is 47.4 Å². The summed E-state index contributed by atoms with van der Waals surface area (Å²) in [5.74, 6) is 0.387. The SMILES string of the molecule is COCCN(CCC(=O)Nc1nnc(-c2ccc(OC)cc2)s1)C(=O)c1ccc(C(C)(C)C)cc1. The molecule has 0 aliphatic rings. The van der Waals surface area contributed by atoms with Crippen molar-refractivity contribution in [2.75, 3.05) is 39.2 Å². The van der Waals surface area contributed by atoms with E-state index in [-0.39, 0.29) is 30.2 Å². The first-order chi connectivity index (χ1) is 16.7. The first-order valence-corrected chi connectivity index (χ1v) is 12.2. The molecule has 0 aliphatic carbocycles. The molecule has 0 unspecified atom stereocenters. The van der Waals surface area contributed by atoms with E-state index < -0.39 is 0 Å². The predicted octanol–water partition coefficient (Wildman–Crippen LogP) is 4.63. The van der Waals surface area contributed by atoms with Gasteiger partial charge in [0.1, 0.15) is 10.8 Å². The molecule has 0 aliphatic heterocycles. The van der Waals surface area contributed by atoms with Gasteiger partial charge in [-0.15, -0.1) is 10.2 Å². The molecule has 1 N–H and O–H groups in total. The summed E-state index contributed by atoms with van der Waals surface area (Å²) in [5, 5.41) is 12.1. The average molecular weight is 497 g/mol. The fourth-order valence-electron chi connectivity index (χ4n) is 3.35. The molecular formula is C26H32N4O4S. The van der Waals surface area contributed by atoms with Gasteiger partial charge in [0.15, 0.2) is 0 Å². The number of nitrogens with zero attached hydrogens (tertiary/aromatic N) is 3. The smallest absolute Gasteiger partial charge is 0.253 e. The molecule has 3 aromatic rings. The van der Waals surface area contributed by atoms with Crippen LogP contribution in [0.2, 0.25) is 0 Å². The third-order valence-electron chi connectivity index (χ3n) is 5.47. The number of methoxy groups -OCH3 is 2. The summed E-state index contributed by atoms with van der Waals surface area (Å²) in [6.07, 6.45) is 0.132. The number of rotatable bonds is 10. The highest BCUT2D eigenvalue weighted by atomic mass is 32.1. The Labute approximate surface area is 210 Å². The Morgan fingerprint density at radius 1 is 0.971 bits per heavy atom. The van der Waals surface area contributed by atoms with E-state index in [0.29, 0.717) is 28.9 Å². The van der Waals surface area contributed by atoms with Crippen LogP contribution in [0.25, 0.3) is 10.6 Å². The maximum absolute atomic E-state index is 13.1. The molecule has 0 bridgehead atoms. The van der Waals surface area contributed by atoms with E-state index in [4.69, 9.17) is 9.47 Å². The highest BCUT2D eigenvalue weighted by Crippen LogP contribution is 2.28. The Hall–Kier alpha value is -3.30. The minimum absolute atomic E-state index is 0.00727. The second kappa shape index (κ2) is 11.9. The average Bonchev–Trinajstić information content (AvgIpc) is 3.31. The minimum atomic E-state index is -0.235. The summed E-state index contributed by atoms with van der Waals surface area (Å²) in [5.41, 5.74) is 2.64. The number of benzene rings is 2. The molecule has 2 amide bonds. The predicted molar refractivity (Wildman–Crippen MR) is 138 cm³/mol. The van der Waals surface area contributed by atoms with Crippen molar-refractivity contribution in [3.05, 3.63) is 59.7 Å². The summed E-state index contributed by atoms with van der Waals surface area (Å²) in [4.78, 5) is 27.3. The topological polar surface area (TPSA) is 93.7 Å². The maximum atomic E-state index is 13.1. The number of carbonyl (C=O) groups excluding carboxylic acids is 2. The zero-order valence-electron chi connectivity index (χ0n) is 20.8. The molecule has 1 heterocycles. The van der Waals surface area contributed by atoms with Gasteiger partial charge in [0.05, 0.1) is 13.7 Å². The van der Waals surface area contributed by atoms with Gasteiger partial charge in [-0.1, -0.05) is 44.2 Å². The zero-order chi connectivity index (χ0) is 25.4. The van der Waals surface area contributed by atoms with Gasteiger partial charge in [0.2, 0.25) is 11.0 Å². The van der Waals surface area contributed by atoms with Gasteiger partial charge >= 0.3 is 0 Å². The largest absolute Gasteiger partial charge is 0.497 e. The summed E-state index contributed by atoms with van der Waals surface area (Å²) < 4.78 is 10.3. The van der Waals surface area contributed by atoms with Gasteiger partial charge < -0.3 is 19.7 Å². The Kier molecular flexibility index (Phi) is 8.95.